The number of hydrogen-bond acceptors (Lipinski definition) is 5. The molecule has 0 aromatic heterocycles. The first-order valence-corrected chi connectivity index (χ1v) is 9.03. The van der Waals surface area contributed by atoms with Gasteiger partial charge < -0.3 is 9.47 Å². The Morgan fingerprint density at radius 3 is 2.46 bits per heavy atom. The van der Waals surface area contributed by atoms with Crippen molar-refractivity contribution in [3.63, 3.8) is 0 Å². The molecule has 1 amide bonds. The van der Waals surface area contributed by atoms with E-state index in [1.165, 1.54) is 17.6 Å². The van der Waals surface area contributed by atoms with Gasteiger partial charge in [0.15, 0.2) is 0 Å². The van der Waals surface area contributed by atoms with Crippen LogP contribution in [0.15, 0.2) is 30.3 Å². The number of benzene rings is 1. The molecule has 2 atom stereocenters. The van der Waals surface area contributed by atoms with E-state index in [2.05, 4.69) is 24.1 Å². The second-order valence-electron chi connectivity index (χ2n) is 7.79. The molecule has 1 aliphatic heterocycles. The van der Waals surface area contributed by atoms with Crippen molar-refractivity contribution in [1.82, 2.24) is 9.80 Å². The third kappa shape index (κ3) is 5.46. The van der Waals surface area contributed by atoms with Crippen LogP contribution in [0.2, 0.25) is 0 Å². The maximum atomic E-state index is 12.5. The SMILES string of the molecule is COC(=O)[C@@H]1C[C@H](N(C)Cc2ccccc2)CCN1C(=O)OC(C)(C)C. The summed E-state index contributed by atoms with van der Waals surface area (Å²) in [6, 6.07) is 9.78. The van der Waals surface area contributed by atoms with Gasteiger partial charge in [-0.1, -0.05) is 30.3 Å². The van der Waals surface area contributed by atoms with Crippen LogP contribution in [0.5, 0.6) is 0 Å². The van der Waals surface area contributed by atoms with Gasteiger partial charge in [-0.2, -0.15) is 0 Å². The van der Waals surface area contributed by atoms with E-state index in [1.807, 2.05) is 39.0 Å². The number of esters is 1. The Morgan fingerprint density at radius 1 is 1.23 bits per heavy atom. The molecule has 0 spiro atoms. The number of hydrogen-bond donors (Lipinski definition) is 0. The lowest BCUT2D eigenvalue weighted by Crippen LogP contribution is -2.55. The third-order valence-electron chi connectivity index (χ3n) is 4.57. The molecule has 0 N–H and O–H groups in total. The number of nitrogens with zero attached hydrogens (tertiary/aromatic N) is 2. The average Bonchev–Trinajstić information content (AvgIpc) is 2.59. The number of likely N-dealkylation sites (tertiary alicyclic amines) is 1. The first-order valence-electron chi connectivity index (χ1n) is 9.03. The summed E-state index contributed by atoms with van der Waals surface area (Å²) in [5, 5.41) is 0. The minimum absolute atomic E-state index is 0.193. The molecule has 1 aliphatic rings. The highest BCUT2D eigenvalue weighted by molar-refractivity contribution is 5.81. The molecule has 6 heteroatoms. The summed E-state index contributed by atoms with van der Waals surface area (Å²) in [5.41, 5.74) is 0.623. The normalized spacial score (nSPS) is 20.8. The highest BCUT2D eigenvalue weighted by Crippen LogP contribution is 2.25. The van der Waals surface area contributed by atoms with E-state index in [4.69, 9.17) is 9.47 Å². The van der Waals surface area contributed by atoms with Gasteiger partial charge >= 0.3 is 12.1 Å². The molecule has 1 aromatic carbocycles. The largest absolute Gasteiger partial charge is 0.467 e. The molecule has 1 saturated heterocycles. The molecule has 0 aliphatic carbocycles. The standard InChI is InChI=1S/C20H30N2O4/c1-20(2,3)26-19(24)22-12-11-16(13-17(22)18(23)25-5)21(4)14-15-9-7-6-8-10-15/h6-10,16-17H,11-14H2,1-5H3/t16-,17+/m1/s1. The van der Waals surface area contributed by atoms with Crippen LogP contribution in [-0.2, 0) is 20.8 Å². The molecule has 2 rings (SSSR count). The lowest BCUT2D eigenvalue weighted by atomic mass is 9.96. The van der Waals surface area contributed by atoms with Gasteiger partial charge in [0, 0.05) is 19.1 Å². The van der Waals surface area contributed by atoms with E-state index in [9.17, 15) is 9.59 Å². The quantitative estimate of drug-likeness (QED) is 0.771. The Morgan fingerprint density at radius 2 is 1.88 bits per heavy atom. The predicted molar refractivity (Wildman–Crippen MR) is 99.7 cm³/mol. The number of methoxy groups -OCH3 is 1. The van der Waals surface area contributed by atoms with E-state index < -0.39 is 23.7 Å². The molecule has 0 bridgehead atoms. The summed E-state index contributed by atoms with van der Waals surface area (Å²) in [7, 11) is 3.40. The fourth-order valence-corrected chi connectivity index (χ4v) is 3.25. The Bertz CT molecular complexity index is 612. The maximum Gasteiger partial charge on any atom is 0.411 e. The fourth-order valence-electron chi connectivity index (χ4n) is 3.25. The third-order valence-corrected chi connectivity index (χ3v) is 4.57. The monoisotopic (exact) mass is 362 g/mol. The first-order chi connectivity index (χ1) is 12.2. The molecular weight excluding hydrogens is 332 g/mol. The number of piperidine rings is 1. The second kappa shape index (κ2) is 8.54. The number of carbonyl (C=O) groups excluding carboxylic acids is 2. The predicted octanol–water partition coefficient (Wildman–Crippen LogP) is 3.06. The van der Waals surface area contributed by atoms with Crippen molar-refractivity contribution >= 4 is 12.1 Å². The topological polar surface area (TPSA) is 59.1 Å². The van der Waals surface area contributed by atoms with Crippen LogP contribution in [0.3, 0.4) is 0 Å². The maximum absolute atomic E-state index is 12.5. The zero-order valence-electron chi connectivity index (χ0n) is 16.4. The summed E-state index contributed by atoms with van der Waals surface area (Å²) in [4.78, 5) is 28.5. The van der Waals surface area contributed by atoms with Gasteiger partial charge in [0.1, 0.15) is 11.6 Å². The van der Waals surface area contributed by atoms with Crippen molar-refractivity contribution in [2.75, 3.05) is 20.7 Å². The molecule has 144 valence electrons. The van der Waals surface area contributed by atoms with Crippen LogP contribution in [0.1, 0.15) is 39.2 Å². The van der Waals surface area contributed by atoms with Gasteiger partial charge in [0.25, 0.3) is 0 Å². The van der Waals surface area contributed by atoms with Crippen molar-refractivity contribution < 1.29 is 19.1 Å². The molecule has 1 heterocycles. The Kier molecular flexibility index (Phi) is 6.64. The van der Waals surface area contributed by atoms with Crippen LogP contribution >= 0.6 is 0 Å². The van der Waals surface area contributed by atoms with E-state index in [-0.39, 0.29) is 6.04 Å². The highest BCUT2D eigenvalue weighted by Gasteiger charge is 2.39. The van der Waals surface area contributed by atoms with Crippen molar-refractivity contribution in [1.29, 1.82) is 0 Å². The smallest absolute Gasteiger partial charge is 0.411 e. The summed E-state index contributed by atoms with van der Waals surface area (Å²) >= 11 is 0. The van der Waals surface area contributed by atoms with E-state index in [0.717, 1.165) is 13.0 Å². The van der Waals surface area contributed by atoms with Crippen molar-refractivity contribution in [3.05, 3.63) is 35.9 Å². The van der Waals surface area contributed by atoms with Crippen LogP contribution in [-0.4, -0.2) is 60.2 Å². The van der Waals surface area contributed by atoms with Gasteiger partial charge in [0.2, 0.25) is 0 Å². The Balaban J connectivity index is 2.06. The number of amides is 1. The lowest BCUT2D eigenvalue weighted by Gasteiger charge is -2.41. The van der Waals surface area contributed by atoms with Crippen molar-refractivity contribution in [2.24, 2.45) is 0 Å². The van der Waals surface area contributed by atoms with Gasteiger partial charge in [0.05, 0.1) is 7.11 Å². The number of ether oxygens (including phenoxy) is 2. The molecule has 26 heavy (non-hydrogen) atoms. The fraction of sp³-hybridized carbons (Fsp3) is 0.600. The lowest BCUT2D eigenvalue weighted by molar-refractivity contribution is -0.149. The number of rotatable bonds is 4. The van der Waals surface area contributed by atoms with Gasteiger partial charge in [-0.3, -0.25) is 9.80 Å². The molecule has 1 fully saturated rings. The number of carbonyl (C=O) groups is 2. The van der Waals surface area contributed by atoms with Crippen molar-refractivity contribution in [3.8, 4) is 0 Å². The summed E-state index contributed by atoms with van der Waals surface area (Å²) in [5.74, 6) is -0.395. The molecule has 0 unspecified atom stereocenters. The Labute approximate surface area is 156 Å². The molecule has 0 saturated carbocycles. The summed E-state index contributed by atoms with van der Waals surface area (Å²) in [6.45, 7) is 6.72. The zero-order valence-corrected chi connectivity index (χ0v) is 16.4. The van der Waals surface area contributed by atoms with Crippen molar-refractivity contribution in [2.45, 2.75) is 57.8 Å². The minimum atomic E-state index is -0.619. The van der Waals surface area contributed by atoms with Crippen LogP contribution in [0, 0.1) is 0 Å². The summed E-state index contributed by atoms with van der Waals surface area (Å²) in [6.07, 6.45) is 0.864. The van der Waals surface area contributed by atoms with Gasteiger partial charge in [-0.25, -0.2) is 9.59 Å². The zero-order chi connectivity index (χ0) is 19.3. The van der Waals surface area contributed by atoms with E-state index in [0.29, 0.717) is 13.0 Å². The minimum Gasteiger partial charge on any atom is -0.467 e. The van der Waals surface area contributed by atoms with E-state index in [1.54, 1.807) is 0 Å². The molecule has 0 radical (unpaired) electrons. The average molecular weight is 362 g/mol. The highest BCUT2D eigenvalue weighted by atomic mass is 16.6. The summed E-state index contributed by atoms with van der Waals surface area (Å²) < 4.78 is 10.4. The second-order valence-corrected chi connectivity index (χ2v) is 7.79. The van der Waals surface area contributed by atoms with Crippen LogP contribution < -0.4 is 0 Å². The van der Waals surface area contributed by atoms with Gasteiger partial charge in [-0.15, -0.1) is 0 Å². The first kappa shape index (κ1) is 20.2. The Hall–Kier alpha value is -2.08. The van der Waals surface area contributed by atoms with Gasteiger partial charge in [-0.05, 0) is 46.2 Å². The van der Waals surface area contributed by atoms with Crippen LogP contribution in [0.4, 0.5) is 4.79 Å². The molecule has 1 aromatic rings. The van der Waals surface area contributed by atoms with E-state index >= 15 is 0 Å². The molecular formula is C20H30N2O4. The van der Waals surface area contributed by atoms with Crippen LogP contribution in [0.25, 0.3) is 0 Å². The molecule has 6 nitrogen and oxygen atoms in total.